The topological polar surface area (TPSA) is 91.5 Å². The lowest BCUT2D eigenvalue weighted by atomic mass is 10.1. The summed E-state index contributed by atoms with van der Waals surface area (Å²) in [5.74, 6) is 1.22. The van der Waals surface area contributed by atoms with E-state index in [4.69, 9.17) is 4.98 Å². The van der Waals surface area contributed by atoms with Crippen molar-refractivity contribution in [3.05, 3.63) is 47.9 Å². The fourth-order valence-corrected chi connectivity index (χ4v) is 3.34. The molecule has 7 nitrogen and oxygen atoms in total. The third-order valence-corrected chi connectivity index (χ3v) is 5.17. The minimum atomic E-state index is -0.0159. The molecule has 1 aliphatic carbocycles. The predicted molar refractivity (Wildman–Crippen MR) is 118 cm³/mol. The zero-order chi connectivity index (χ0) is 21.1. The number of hydrogen-bond donors (Lipinski definition) is 3. The van der Waals surface area contributed by atoms with Crippen LogP contribution in [0.15, 0.2) is 36.7 Å². The SMILES string of the molecule is CC(C)CNc1nc(CCCO)cn2c(-c3ccc(C(=O)NC4CC4)cc3)cnc12. The first-order valence-electron chi connectivity index (χ1n) is 10.7. The second kappa shape index (κ2) is 8.83. The average Bonchev–Trinajstić information content (AvgIpc) is 3.46. The van der Waals surface area contributed by atoms with Gasteiger partial charge >= 0.3 is 0 Å². The van der Waals surface area contributed by atoms with Crippen LogP contribution in [0.25, 0.3) is 16.9 Å². The maximum absolute atomic E-state index is 12.3. The number of hydrogen-bond acceptors (Lipinski definition) is 5. The van der Waals surface area contributed by atoms with Crippen molar-refractivity contribution in [2.45, 2.75) is 45.6 Å². The van der Waals surface area contributed by atoms with Crippen LogP contribution in [0.3, 0.4) is 0 Å². The minimum Gasteiger partial charge on any atom is -0.396 e. The highest BCUT2D eigenvalue weighted by Crippen LogP contribution is 2.26. The number of nitrogens with zero attached hydrogens (tertiary/aromatic N) is 3. The minimum absolute atomic E-state index is 0.0159. The van der Waals surface area contributed by atoms with Crippen LogP contribution < -0.4 is 10.6 Å². The number of fused-ring (bicyclic) bond motifs is 1. The smallest absolute Gasteiger partial charge is 0.251 e. The summed E-state index contributed by atoms with van der Waals surface area (Å²) >= 11 is 0. The molecule has 2 heterocycles. The van der Waals surface area contributed by atoms with E-state index in [2.05, 4.69) is 29.5 Å². The van der Waals surface area contributed by atoms with Crippen molar-refractivity contribution in [3.8, 4) is 11.3 Å². The van der Waals surface area contributed by atoms with Crippen LogP contribution in [0.5, 0.6) is 0 Å². The van der Waals surface area contributed by atoms with Crippen molar-refractivity contribution in [1.29, 1.82) is 0 Å². The third-order valence-electron chi connectivity index (χ3n) is 5.17. The van der Waals surface area contributed by atoms with Gasteiger partial charge in [-0.15, -0.1) is 0 Å². The van der Waals surface area contributed by atoms with Crippen LogP contribution in [0, 0.1) is 5.92 Å². The summed E-state index contributed by atoms with van der Waals surface area (Å²) in [5, 5.41) is 15.6. The van der Waals surface area contributed by atoms with Gasteiger partial charge in [-0.3, -0.25) is 9.20 Å². The van der Waals surface area contributed by atoms with Gasteiger partial charge in [0.1, 0.15) is 0 Å². The number of carbonyl (C=O) groups excluding carboxylic acids is 1. The number of aliphatic hydroxyl groups excluding tert-OH is 1. The molecule has 1 saturated carbocycles. The Hall–Kier alpha value is -2.93. The number of aryl methyl sites for hydroxylation is 1. The normalized spacial score (nSPS) is 13.7. The van der Waals surface area contributed by atoms with Crippen molar-refractivity contribution in [1.82, 2.24) is 19.7 Å². The molecule has 158 valence electrons. The van der Waals surface area contributed by atoms with Crippen LogP contribution in [0.1, 0.15) is 49.2 Å². The molecule has 0 aliphatic heterocycles. The molecule has 30 heavy (non-hydrogen) atoms. The molecule has 0 bridgehead atoms. The Morgan fingerprint density at radius 1 is 1.27 bits per heavy atom. The van der Waals surface area contributed by atoms with E-state index in [0.29, 0.717) is 30.4 Å². The number of rotatable bonds is 9. The molecule has 1 aliphatic rings. The van der Waals surface area contributed by atoms with Gasteiger partial charge in [-0.05, 0) is 43.7 Å². The van der Waals surface area contributed by atoms with E-state index in [-0.39, 0.29) is 12.5 Å². The highest BCUT2D eigenvalue weighted by molar-refractivity contribution is 5.95. The summed E-state index contributed by atoms with van der Waals surface area (Å²) < 4.78 is 2.04. The maximum atomic E-state index is 12.3. The first-order valence-corrected chi connectivity index (χ1v) is 10.7. The second-order valence-corrected chi connectivity index (χ2v) is 8.34. The molecule has 0 radical (unpaired) electrons. The van der Waals surface area contributed by atoms with E-state index in [0.717, 1.165) is 47.8 Å². The van der Waals surface area contributed by atoms with E-state index < -0.39 is 0 Å². The first kappa shape index (κ1) is 20.3. The monoisotopic (exact) mass is 407 g/mol. The zero-order valence-corrected chi connectivity index (χ0v) is 17.6. The summed E-state index contributed by atoms with van der Waals surface area (Å²) in [6.07, 6.45) is 7.34. The van der Waals surface area contributed by atoms with Gasteiger partial charge in [0.15, 0.2) is 11.5 Å². The largest absolute Gasteiger partial charge is 0.396 e. The molecular weight excluding hydrogens is 378 g/mol. The van der Waals surface area contributed by atoms with Crippen molar-refractivity contribution >= 4 is 17.4 Å². The summed E-state index contributed by atoms with van der Waals surface area (Å²) in [6.45, 7) is 5.24. The van der Waals surface area contributed by atoms with Crippen molar-refractivity contribution in [2.24, 2.45) is 5.92 Å². The lowest BCUT2D eigenvalue weighted by Crippen LogP contribution is -2.25. The maximum Gasteiger partial charge on any atom is 0.251 e. The third kappa shape index (κ3) is 4.62. The summed E-state index contributed by atoms with van der Waals surface area (Å²) in [6, 6.07) is 7.98. The molecule has 1 fully saturated rings. The molecule has 0 saturated heterocycles. The van der Waals surface area contributed by atoms with Gasteiger partial charge in [0.25, 0.3) is 5.91 Å². The van der Waals surface area contributed by atoms with Gasteiger partial charge in [0, 0.05) is 36.5 Å². The summed E-state index contributed by atoms with van der Waals surface area (Å²) in [7, 11) is 0. The molecule has 3 aromatic rings. The summed E-state index contributed by atoms with van der Waals surface area (Å²) in [4.78, 5) is 21.6. The Labute approximate surface area is 176 Å². The van der Waals surface area contributed by atoms with Crippen LogP contribution in [0.4, 0.5) is 5.82 Å². The van der Waals surface area contributed by atoms with E-state index in [1.807, 2.05) is 41.1 Å². The van der Waals surface area contributed by atoms with Gasteiger partial charge in [0.2, 0.25) is 0 Å². The Balaban J connectivity index is 1.66. The highest BCUT2D eigenvalue weighted by Gasteiger charge is 2.23. The van der Waals surface area contributed by atoms with E-state index in [9.17, 15) is 9.90 Å². The van der Waals surface area contributed by atoms with E-state index in [1.54, 1.807) is 0 Å². The Kier molecular flexibility index (Phi) is 5.99. The van der Waals surface area contributed by atoms with Crippen molar-refractivity contribution in [3.63, 3.8) is 0 Å². The number of nitrogens with one attached hydrogen (secondary N) is 2. The lowest BCUT2D eigenvalue weighted by molar-refractivity contribution is 0.0951. The first-order chi connectivity index (χ1) is 14.5. The molecule has 7 heteroatoms. The number of benzene rings is 1. The molecule has 0 atom stereocenters. The number of aromatic nitrogens is 3. The standard InChI is InChI=1S/C23H29N5O2/c1-15(2)12-24-21-22-25-13-20(28(22)14-19(26-21)4-3-11-29)16-5-7-17(8-6-16)23(30)27-18-9-10-18/h5-8,13-15,18,29H,3-4,9-12H2,1-2H3,(H,24,26)(H,27,30). The molecule has 2 aromatic heterocycles. The highest BCUT2D eigenvalue weighted by atomic mass is 16.2. The average molecular weight is 408 g/mol. The van der Waals surface area contributed by atoms with Gasteiger partial charge < -0.3 is 15.7 Å². The number of carbonyl (C=O) groups is 1. The molecule has 1 aromatic carbocycles. The number of amides is 1. The second-order valence-electron chi connectivity index (χ2n) is 8.34. The summed E-state index contributed by atoms with van der Waals surface area (Å²) in [5.41, 5.74) is 4.28. The van der Waals surface area contributed by atoms with Gasteiger partial charge in [-0.2, -0.15) is 0 Å². The molecule has 1 amide bonds. The van der Waals surface area contributed by atoms with Crippen LogP contribution in [0.2, 0.25) is 0 Å². The number of aliphatic hydroxyl groups is 1. The Morgan fingerprint density at radius 2 is 2.03 bits per heavy atom. The van der Waals surface area contributed by atoms with Gasteiger partial charge in [0.05, 0.1) is 17.6 Å². The van der Waals surface area contributed by atoms with Crippen molar-refractivity contribution in [2.75, 3.05) is 18.5 Å². The predicted octanol–water partition coefficient (Wildman–Crippen LogP) is 3.28. The quantitative estimate of drug-likeness (QED) is 0.506. The number of imidazole rings is 1. The Bertz CT molecular complexity index is 1020. The van der Waals surface area contributed by atoms with Crippen LogP contribution in [-0.4, -0.2) is 44.6 Å². The lowest BCUT2D eigenvalue weighted by Gasteiger charge is -2.12. The van der Waals surface area contributed by atoms with Crippen LogP contribution >= 0.6 is 0 Å². The fraction of sp³-hybridized carbons (Fsp3) is 0.435. The Morgan fingerprint density at radius 3 is 2.70 bits per heavy atom. The zero-order valence-electron chi connectivity index (χ0n) is 17.6. The molecule has 0 spiro atoms. The van der Waals surface area contributed by atoms with E-state index in [1.165, 1.54) is 0 Å². The molecular formula is C23H29N5O2. The van der Waals surface area contributed by atoms with E-state index >= 15 is 0 Å². The molecule has 4 rings (SSSR count). The molecule has 0 unspecified atom stereocenters. The number of anilines is 1. The van der Waals surface area contributed by atoms with Gasteiger partial charge in [-0.1, -0.05) is 26.0 Å². The van der Waals surface area contributed by atoms with Crippen LogP contribution in [-0.2, 0) is 6.42 Å². The molecule has 3 N–H and O–H groups in total. The van der Waals surface area contributed by atoms with Crippen molar-refractivity contribution < 1.29 is 9.90 Å². The van der Waals surface area contributed by atoms with Gasteiger partial charge in [-0.25, -0.2) is 9.97 Å². The fourth-order valence-electron chi connectivity index (χ4n) is 3.34.